The maximum absolute atomic E-state index is 11.4. The van der Waals surface area contributed by atoms with E-state index in [0.717, 1.165) is 0 Å². The van der Waals surface area contributed by atoms with E-state index < -0.39 is 23.9 Å². The van der Waals surface area contributed by atoms with Crippen LogP contribution in [0.5, 0.6) is 0 Å². The second-order valence-corrected chi connectivity index (χ2v) is 3.31. The van der Waals surface area contributed by atoms with Gasteiger partial charge in [-0.1, -0.05) is 0 Å². The Balaban J connectivity index is 2.51. The first-order valence-corrected chi connectivity index (χ1v) is 4.58. The summed E-state index contributed by atoms with van der Waals surface area (Å²) in [6.45, 7) is 0.114. The van der Waals surface area contributed by atoms with E-state index in [9.17, 15) is 14.4 Å². The van der Waals surface area contributed by atoms with Gasteiger partial charge in [-0.2, -0.15) is 0 Å². The number of hydrogen-bond donors (Lipinski definition) is 3. The molecule has 1 fully saturated rings. The largest absolute Gasteiger partial charge is 0.480 e. The lowest BCUT2D eigenvalue weighted by molar-refractivity contribution is -0.141. The van der Waals surface area contributed by atoms with Gasteiger partial charge in [-0.15, -0.1) is 0 Å². The molecule has 0 radical (unpaired) electrons. The van der Waals surface area contributed by atoms with Crippen molar-refractivity contribution in [1.82, 2.24) is 10.2 Å². The van der Waals surface area contributed by atoms with Gasteiger partial charge in [-0.05, 0) is 12.8 Å². The second kappa shape index (κ2) is 4.63. The number of urea groups is 1. The van der Waals surface area contributed by atoms with Crippen LogP contribution in [-0.4, -0.2) is 47.0 Å². The fourth-order valence-electron chi connectivity index (χ4n) is 1.53. The van der Waals surface area contributed by atoms with Gasteiger partial charge in [0.2, 0.25) is 5.91 Å². The molecular weight excluding hydrogens is 202 g/mol. The normalized spacial score (nSPS) is 20.0. The van der Waals surface area contributed by atoms with E-state index in [1.165, 1.54) is 4.90 Å². The number of likely N-dealkylation sites (tertiary alicyclic amines) is 1. The van der Waals surface area contributed by atoms with Gasteiger partial charge in [0, 0.05) is 6.54 Å². The number of hydrogen-bond acceptors (Lipinski definition) is 3. The van der Waals surface area contributed by atoms with Crippen LogP contribution in [0.25, 0.3) is 0 Å². The zero-order chi connectivity index (χ0) is 11.4. The van der Waals surface area contributed by atoms with Crippen molar-refractivity contribution in [2.24, 2.45) is 5.73 Å². The molecule has 7 nitrogen and oxygen atoms in total. The summed E-state index contributed by atoms with van der Waals surface area (Å²) in [5, 5.41) is 11.1. The topological polar surface area (TPSA) is 113 Å². The average Bonchev–Trinajstić information content (AvgIpc) is 2.62. The number of nitrogens with one attached hydrogen (secondary N) is 1. The number of carboxylic acids is 1. The minimum Gasteiger partial charge on any atom is -0.480 e. The first kappa shape index (κ1) is 11.3. The molecule has 4 N–H and O–H groups in total. The van der Waals surface area contributed by atoms with E-state index in [2.05, 4.69) is 5.32 Å². The summed E-state index contributed by atoms with van der Waals surface area (Å²) >= 11 is 0. The Hall–Kier alpha value is -1.79. The van der Waals surface area contributed by atoms with Crippen LogP contribution >= 0.6 is 0 Å². The number of primary amides is 1. The fraction of sp³-hybridized carbons (Fsp3) is 0.625. The SMILES string of the molecule is NC(=O)CNC(=O)N1CCCC1C(=O)O. The third kappa shape index (κ3) is 2.83. The van der Waals surface area contributed by atoms with Crippen LogP contribution in [0, 0.1) is 0 Å². The Bertz CT molecular complexity index is 292. The number of nitrogens with two attached hydrogens (primary N) is 1. The molecule has 1 unspecified atom stereocenters. The predicted octanol–water partition coefficient (Wildman–Crippen LogP) is -1.27. The Morgan fingerprint density at radius 3 is 2.67 bits per heavy atom. The number of aliphatic carboxylic acids is 1. The van der Waals surface area contributed by atoms with Crippen LogP contribution < -0.4 is 11.1 Å². The zero-order valence-corrected chi connectivity index (χ0v) is 8.10. The third-order valence-corrected chi connectivity index (χ3v) is 2.21. The number of carboxylic acid groups (broad SMARTS) is 1. The highest BCUT2D eigenvalue weighted by molar-refractivity contribution is 5.86. The summed E-state index contributed by atoms with van der Waals surface area (Å²) in [4.78, 5) is 33.8. The van der Waals surface area contributed by atoms with Crippen molar-refractivity contribution in [3.8, 4) is 0 Å². The highest BCUT2D eigenvalue weighted by Crippen LogP contribution is 2.16. The van der Waals surface area contributed by atoms with Crippen LogP contribution in [0.3, 0.4) is 0 Å². The molecule has 15 heavy (non-hydrogen) atoms. The molecule has 7 heteroatoms. The molecule has 1 atom stereocenters. The minimum absolute atomic E-state index is 0.276. The van der Waals surface area contributed by atoms with Gasteiger partial charge in [0.15, 0.2) is 0 Å². The minimum atomic E-state index is -1.03. The predicted molar refractivity (Wildman–Crippen MR) is 50.0 cm³/mol. The van der Waals surface area contributed by atoms with Gasteiger partial charge in [0.1, 0.15) is 6.04 Å². The molecule has 0 saturated carbocycles. The van der Waals surface area contributed by atoms with E-state index >= 15 is 0 Å². The van der Waals surface area contributed by atoms with Crippen LogP contribution in [0.15, 0.2) is 0 Å². The van der Waals surface area contributed by atoms with Crippen molar-refractivity contribution in [3.63, 3.8) is 0 Å². The van der Waals surface area contributed by atoms with Crippen molar-refractivity contribution in [2.75, 3.05) is 13.1 Å². The molecule has 1 heterocycles. The molecule has 0 bridgehead atoms. The molecule has 3 amide bonds. The van der Waals surface area contributed by atoms with Crippen LogP contribution in [0.1, 0.15) is 12.8 Å². The van der Waals surface area contributed by atoms with Gasteiger partial charge < -0.3 is 21.1 Å². The first-order valence-electron chi connectivity index (χ1n) is 4.58. The molecule has 0 aromatic carbocycles. The Morgan fingerprint density at radius 2 is 2.13 bits per heavy atom. The third-order valence-electron chi connectivity index (χ3n) is 2.21. The molecular formula is C8H13N3O4. The molecule has 1 rings (SSSR count). The Labute approximate surface area is 86.2 Å². The van der Waals surface area contributed by atoms with Crippen LogP contribution in [-0.2, 0) is 9.59 Å². The lowest BCUT2D eigenvalue weighted by Crippen LogP contribution is -2.47. The van der Waals surface area contributed by atoms with Crippen molar-refractivity contribution < 1.29 is 19.5 Å². The summed E-state index contributed by atoms with van der Waals surface area (Å²) in [6, 6.07) is -1.35. The molecule has 1 aliphatic rings. The smallest absolute Gasteiger partial charge is 0.326 e. The van der Waals surface area contributed by atoms with Gasteiger partial charge in [-0.25, -0.2) is 9.59 Å². The zero-order valence-electron chi connectivity index (χ0n) is 8.10. The monoisotopic (exact) mass is 215 g/mol. The number of nitrogens with zero attached hydrogens (tertiary/aromatic N) is 1. The van der Waals surface area contributed by atoms with Gasteiger partial charge in [0.05, 0.1) is 6.54 Å². The van der Waals surface area contributed by atoms with Crippen LogP contribution in [0.2, 0.25) is 0 Å². The maximum Gasteiger partial charge on any atom is 0.326 e. The average molecular weight is 215 g/mol. The first-order chi connectivity index (χ1) is 7.02. The standard InChI is InChI=1S/C8H13N3O4/c9-6(12)4-10-8(15)11-3-1-2-5(11)7(13)14/h5H,1-4H2,(H2,9,12)(H,10,15)(H,13,14). The summed E-state index contributed by atoms with van der Waals surface area (Å²) in [7, 11) is 0. The van der Waals surface area contributed by atoms with Crippen LogP contribution in [0.4, 0.5) is 4.79 Å². The van der Waals surface area contributed by atoms with E-state index in [0.29, 0.717) is 19.4 Å². The van der Waals surface area contributed by atoms with Crippen molar-refractivity contribution in [2.45, 2.75) is 18.9 Å². The van der Waals surface area contributed by atoms with E-state index in [1.54, 1.807) is 0 Å². The Kier molecular flexibility index (Phi) is 3.48. The van der Waals surface area contributed by atoms with Crippen molar-refractivity contribution >= 4 is 17.9 Å². The van der Waals surface area contributed by atoms with Gasteiger partial charge >= 0.3 is 12.0 Å². The molecule has 1 aliphatic heterocycles. The number of carbonyl (C=O) groups is 3. The van der Waals surface area contributed by atoms with Gasteiger partial charge in [-0.3, -0.25) is 4.79 Å². The molecule has 0 aromatic heterocycles. The summed E-state index contributed by atoms with van der Waals surface area (Å²) < 4.78 is 0. The highest BCUT2D eigenvalue weighted by Gasteiger charge is 2.33. The summed E-state index contributed by atoms with van der Waals surface area (Å²) in [5.74, 6) is -1.68. The van der Waals surface area contributed by atoms with Gasteiger partial charge in [0.25, 0.3) is 0 Å². The lowest BCUT2D eigenvalue weighted by Gasteiger charge is -2.21. The van der Waals surface area contributed by atoms with Crippen molar-refractivity contribution in [1.29, 1.82) is 0 Å². The summed E-state index contributed by atoms with van der Waals surface area (Å²) in [6.07, 6.45) is 1.10. The molecule has 0 aliphatic carbocycles. The number of amides is 3. The second-order valence-electron chi connectivity index (χ2n) is 3.31. The Morgan fingerprint density at radius 1 is 1.47 bits per heavy atom. The van der Waals surface area contributed by atoms with Crippen molar-refractivity contribution in [3.05, 3.63) is 0 Å². The number of rotatable bonds is 3. The summed E-state index contributed by atoms with van der Waals surface area (Å²) in [5.41, 5.74) is 4.85. The van der Waals surface area contributed by atoms with E-state index in [4.69, 9.17) is 10.8 Å². The molecule has 0 spiro atoms. The highest BCUT2D eigenvalue weighted by atomic mass is 16.4. The van der Waals surface area contributed by atoms with E-state index in [1.807, 2.05) is 0 Å². The quantitative estimate of drug-likeness (QED) is 0.544. The molecule has 0 aromatic rings. The fourth-order valence-corrected chi connectivity index (χ4v) is 1.53. The molecule has 1 saturated heterocycles. The maximum atomic E-state index is 11.4. The molecule has 84 valence electrons. The van der Waals surface area contributed by atoms with E-state index in [-0.39, 0.29) is 6.54 Å². The lowest BCUT2D eigenvalue weighted by atomic mass is 10.2. The number of carbonyl (C=O) groups excluding carboxylic acids is 2.